The summed E-state index contributed by atoms with van der Waals surface area (Å²) in [5.74, 6) is -1.36. The number of amides is 1. The molecule has 0 fully saturated rings. The molecule has 0 spiro atoms. The fraction of sp³-hybridized carbons (Fsp3) is 0.105. The van der Waals surface area contributed by atoms with Gasteiger partial charge in [-0.2, -0.15) is 0 Å². The molecular formula is C19H16F2N4O. The van der Waals surface area contributed by atoms with Crippen molar-refractivity contribution in [2.75, 3.05) is 5.73 Å². The number of halogens is 2. The number of carbonyl (C=O) groups excluding carboxylic acids is 1. The summed E-state index contributed by atoms with van der Waals surface area (Å²) in [6.07, 6.45) is 3.01. The molecule has 1 aromatic heterocycles. The highest BCUT2D eigenvalue weighted by atomic mass is 19.1. The quantitative estimate of drug-likeness (QED) is 0.738. The van der Waals surface area contributed by atoms with Crippen molar-refractivity contribution in [2.45, 2.75) is 12.5 Å². The molecule has 0 saturated heterocycles. The van der Waals surface area contributed by atoms with Crippen LogP contribution in [0.2, 0.25) is 0 Å². The maximum absolute atomic E-state index is 13.6. The molecule has 1 amide bonds. The van der Waals surface area contributed by atoms with Crippen LogP contribution in [0, 0.1) is 11.6 Å². The summed E-state index contributed by atoms with van der Waals surface area (Å²) < 4.78 is 27.1. The van der Waals surface area contributed by atoms with Crippen molar-refractivity contribution in [3.8, 4) is 0 Å². The van der Waals surface area contributed by atoms with Gasteiger partial charge in [0.25, 0.3) is 5.91 Å². The lowest BCUT2D eigenvalue weighted by atomic mass is 9.98. The second-order valence-electron chi connectivity index (χ2n) is 5.71. The van der Waals surface area contributed by atoms with Crippen molar-refractivity contribution >= 4 is 11.7 Å². The Morgan fingerprint density at radius 2 is 1.73 bits per heavy atom. The molecule has 0 aliphatic carbocycles. The first-order valence-corrected chi connectivity index (χ1v) is 7.90. The lowest BCUT2D eigenvalue weighted by Crippen LogP contribution is -2.31. The number of nitrogens with zero attached hydrogens (tertiary/aromatic N) is 2. The van der Waals surface area contributed by atoms with Crippen molar-refractivity contribution in [3.63, 3.8) is 0 Å². The number of carbonyl (C=O) groups is 1. The molecule has 0 aliphatic heterocycles. The SMILES string of the molecule is Nc1nccnc1C(=O)NC(Cc1cccc(F)c1)c1cccc(F)c1. The fourth-order valence-corrected chi connectivity index (χ4v) is 2.63. The van der Waals surface area contributed by atoms with E-state index in [1.807, 2.05) is 0 Å². The topological polar surface area (TPSA) is 80.9 Å². The van der Waals surface area contributed by atoms with Crippen LogP contribution in [0.1, 0.15) is 27.7 Å². The van der Waals surface area contributed by atoms with Crippen LogP contribution in [0.5, 0.6) is 0 Å². The van der Waals surface area contributed by atoms with Gasteiger partial charge in [0.05, 0.1) is 6.04 Å². The Morgan fingerprint density at radius 3 is 2.42 bits per heavy atom. The van der Waals surface area contributed by atoms with Crippen LogP contribution in [0.3, 0.4) is 0 Å². The summed E-state index contributed by atoms with van der Waals surface area (Å²) >= 11 is 0. The maximum Gasteiger partial charge on any atom is 0.274 e. The van der Waals surface area contributed by atoms with E-state index >= 15 is 0 Å². The van der Waals surface area contributed by atoms with Crippen LogP contribution in [0.4, 0.5) is 14.6 Å². The standard InChI is InChI=1S/C19H16F2N4O/c20-14-5-1-3-12(9-14)10-16(13-4-2-6-15(21)11-13)25-19(26)17-18(22)24-8-7-23-17/h1-9,11,16H,10H2,(H2,22,24)(H,25,26). The minimum atomic E-state index is -0.596. The number of hydrogen-bond donors (Lipinski definition) is 2. The Hall–Kier alpha value is -3.35. The van der Waals surface area contributed by atoms with E-state index in [2.05, 4.69) is 15.3 Å². The molecule has 3 N–H and O–H groups in total. The minimum Gasteiger partial charge on any atom is -0.382 e. The molecule has 2 aromatic carbocycles. The number of anilines is 1. The number of nitrogens with two attached hydrogens (primary N) is 1. The molecule has 132 valence electrons. The molecule has 7 heteroatoms. The van der Waals surface area contributed by atoms with E-state index in [1.54, 1.807) is 24.3 Å². The summed E-state index contributed by atoms with van der Waals surface area (Å²) in [7, 11) is 0. The average Bonchev–Trinajstić information content (AvgIpc) is 2.61. The fourth-order valence-electron chi connectivity index (χ4n) is 2.63. The highest BCUT2D eigenvalue weighted by Gasteiger charge is 2.20. The first-order chi connectivity index (χ1) is 12.5. The predicted molar refractivity (Wildman–Crippen MR) is 93.2 cm³/mol. The third-order valence-corrected chi connectivity index (χ3v) is 3.83. The Kier molecular flexibility index (Phi) is 5.17. The van der Waals surface area contributed by atoms with Gasteiger partial charge in [0, 0.05) is 12.4 Å². The molecule has 1 heterocycles. The van der Waals surface area contributed by atoms with Gasteiger partial charge in [-0.3, -0.25) is 4.79 Å². The molecule has 3 aromatic rings. The Balaban J connectivity index is 1.90. The van der Waals surface area contributed by atoms with E-state index in [-0.39, 0.29) is 23.7 Å². The van der Waals surface area contributed by atoms with Crippen LogP contribution in [0.15, 0.2) is 60.9 Å². The number of benzene rings is 2. The molecule has 0 radical (unpaired) electrons. The van der Waals surface area contributed by atoms with Gasteiger partial charge in [-0.15, -0.1) is 0 Å². The smallest absolute Gasteiger partial charge is 0.274 e. The number of nitrogen functional groups attached to an aromatic ring is 1. The van der Waals surface area contributed by atoms with E-state index in [4.69, 9.17) is 5.73 Å². The first kappa shape index (κ1) is 17.5. The van der Waals surface area contributed by atoms with Crippen LogP contribution >= 0.6 is 0 Å². The van der Waals surface area contributed by atoms with E-state index < -0.39 is 17.8 Å². The Bertz CT molecular complexity index is 933. The van der Waals surface area contributed by atoms with Crippen LogP contribution in [0.25, 0.3) is 0 Å². The minimum absolute atomic E-state index is 0.00579. The summed E-state index contributed by atoms with van der Waals surface area (Å²) in [4.78, 5) is 20.3. The van der Waals surface area contributed by atoms with Gasteiger partial charge in [-0.1, -0.05) is 24.3 Å². The summed E-state index contributed by atoms with van der Waals surface area (Å²) in [5, 5.41) is 2.78. The van der Waals surface area contributed by atoms with Crippen molar-refractivity contribution in [1.82, 2.24) is 15.3 Å². The molecule has 1 unspecified atom stereocenters. The maximum atomic E-state index is 13.6. The van der Waals surface area contributed by atoms with Crippen LogP contribution in [-0.2, 0) is 6.42 Å². The number of nitrogens with one attached hydrogen (secondary N) is 1. The zero-order chi connectivity index (χ0) is 18.5. The number of hydrogen-bond acceptors (Lipinski definition) is 4. The monoisotopic (exact) mass is 354 g/mol. The van der Waals surface area contributed by atoms with E-state index in [0.29, 0.717) is 11.1 Å². The second kappa shape index (κ2) is 7.69. The van der Waals surface area contributed by atoms with Crippen molar-refractivity contribution in [3.05, 3.63) is 89.4 Å². The van der Waals surface area contributed by atoms with Crippen molar-refractivity contribution < 1.29 is 13.6 Å². The van der Waals surface area contributed by atoms with Gasteiger partial charge >= 0.3 is 0 Å². The van der Waals surface area contributed by atoms with Crippen LogP contribution < -0.4 is 11.1 Å². The summed E-state index contributed by atoms with van der Waals surface area (Å²) in [5.41, 5.74) is 6.87. The highest BCUT2D eigenvalue weighted by Crippen LogP contribution is 2.21. The summed E-state index contributed by atoms with van der Waals surface area (Å²) in [6.45, 7) is 0. The third-order valence-electron chi connectivity index (χ3n) is 3.83. The molecular weight excluding hydrogens is 338 g/mol. The zero-order valence-electron chi connectivity index (χ0n) is 13.7. The Labute approximate surface area is 148 Å². The summed E-state index contributed by atoms with van der Waals surface area (Å²) in [6, 6.07) is 11.3. The molecule has 5 nitrogen and oxygen atoms in total. The van der Waals surface area contributed by atoms with E-state index in [1.165, 1.54) is 36.7 Å². The molecule has 0 saturated carbocycles. The average molecular weight is 354 g/mol. The second-order valence-corrected chi connectivity index (χ2v) is 5.71. The molecule has 3 rings (SSSR count). The largest absolute Gasteiger partial charge is 0.382 e. The van der Waals surface area contributed by atoms with Gasteiger partial charge in [0.2, 0.25) is 0 Å². The number of rotatable bonds is 5. The van der Waals surface area contributed by atoms with Gasteiger partial charge in [-0.25, -0.2) is 18.7 Å². The van der Waals surface area contributed by atoms with Crippen molar-refractivity contribution in [2.24, 2.45) is 0 Å². The normalized spacial score (nSPS) is 11.8. The third kappa shape index (κ3) is 4.18. The van der Waals surface area contributed by atoms with Crippen molar-refractivity contribution in [1.29, 1.82) is 0 Å². The van der Waals surface area contributed by atoms with E-state index in [0.717, 1.165) is 0 Å². The Morgan fingerprint density at radius 1 is 1.04 bits per heavy atom. The lowest BCUT2D eigenvalue weighted by molar-refractivity contribution is 0.0932. The zero-order valence-corrected chi connectivity index (χ0v) is 13.7. The number of aromatic nitrogens is 2. The predicted octanol–water partition coefficient (Wildman–Crippen LogP) is 3.05. The first-order valence-electron chi connectivity index (χ1n) is 7.90. The highest BCUT2D eigenvalue weighted by molar-refractivity contribution is 5.96. The molecule has 0 bridgehead atoms. The van der Waals surface area contributed by atoms with Gasteiger partial charge in [0.15, 0.2) is 11.5 Å². The lowest BCUT2D eigenvalue weighted by Gasteiger charge is -2.20. The van der Waals surface area contributed by atoms with Gasteiger partial charge in [0.1, 0.15) is 11.6 Å². The van der Waals surface area contributed by atoms with E-state index in [9.17, 15) is 13.6 Å². The van der Waals surface area contributed by atoms with Gasteiger partial charge in [-0.05, 0) is 41.8 Å². The van der Waals surface area contributed by atoms with Crippen LogP contribution in [-0.4, -0.2) is 15.9 Å². The molecule has 1 atom stereocenters. The molecule has 0 aliphatic rings. The van der Waals surface area contributed by atoms with Gasteiger partial charge < -0.3 is 11.1 Å². The molecule has 26 heavy (non-hydrogen) atoms.